The average molecular weight is 193 g/mol. The zero-order valence-electron chi connectivity index (χ0n) is 7.23. The molecule has 0 fully saturated rings. The number of unbranched alkanes of at least 4 members (excludes halogenated alkanes) is 1. The summed E-state index contributed by atoms with van der Waals surface area (Å²) in [4.78, 5) is 5.07. The summed E-state index contributed by atoms with van der Waals surface area (Å²) >= 11 is 1.70. The molecule has 0 spiro atoms. The predicted octanol–water partition coefficient (Wildman–Crippen LogP) is 2.06. The Kier molecular flexibility index (Phi) is 4.13. The molecule has 1 aromatic heterocycles. The van der Waals surface area contributed by atoms with Crippen LogP contribution in [-0.4, -0.2) is 10.7 Å². The number of anilines is 1. The van der Waals surface area contributed by atoms with Crippen LogP contribution in [0.25, 0.3) is 0 Å². The van der Waals surface area contributed by atoms with E-state index in [1.54, 1.807) is 24.0 Å². The van der Waals surface area contributed by atoms with Crippen molar-refractivity contribution < 1.29 is 0 Å². The molecule has 0 saturated carbocycles. The second-order valence-electron chi connectivity index (χ2n) is 2.53. The summed E-state index contributed by atoms with van der Waals surface area (Å²) in [6.07, 6.45) is 3.30. The Morgan fingerprint density at radius 2 is 2.38 bits per heavy atom. The standard InChI is InChI=1S/C9H11N3S/c10-5-1-2-6-13-8-3-4-9(11)12-7-8/h3-4,7H,1-2,6H2,(H2,11,12). The lowest BCUT2D eigenvalue weighted by Gasteiger charge is -1.98. The van der Waals surface area contributed by atoms with Crippen molar-refractivity contribution in [1.29, 1.82) is 5.26 Å². The SMILES string of the molecule is N#CCCCSc1ccc(N)nc1. The van der Waals surface area contributed by atoms with E-state index >= 15 is 0 Å². The molecular formula is C9H11N3S. The Labute approximate surface area is 82.0 Å². The van der Waals surface area contributed by atoms with Crippen molar-refractivity contribution in [3.8, 4) is 6.07 Å². The van der Waals surface area contributed by atoms with Crippen LogP contribution in [0.5, 0.6) is 0 Å². The number of nitrogen functional groups attached to an aromatic ring is 1. The third kappa shape index (κ3) is 3.81. The third-order valence-corrected chi connectivity index (χ3v) is 2.53. The smallest absolute Gasteiger partial charge is 0.123 e. The lowest BCUT2D eigenvalue weighted by molar-refractivity contribution is 0.980. The van der Waals surface area contributed by atoms with Crippen molar-refractivity contribution in [3.63, 3.8) is 0 Å². The van der Waals surface area contributed by atoms with E-state index in [1.807, 2.05) is 6.07 Å². The van der Waals surface area contributed by atoms with Gasteiger partial charge in [-0.25, -0.2) is 4.98 Å². The van der Waals surface area contributed by atoms with Gasteiger partial charge in [-0.05, 0) is 24.3 Å². The number of hydrogen-bond acceptors (Lipinski definition) is 4. The van der Waals surface area contributed by atoms with Gasteiger partial charge in [-0.15, -0.1) is 11.8 Å². The van der Waals surface area contributed by atoms with Gasteiger partial charge in [-0.2, -0.15) is 5.26 Å². The molecule has 0 aromatic carbocycles. The number of rotatable bonds is 4. The molecule has 2 N–H and O–H groups in total. The molecule has 0 radical (unpaired) electrons. The summed E-state index contributed by atoms with van der Waals surface area (Å²) in [5.41, 5.74) is 5.44. The van der Waals surface area contributed by atoms with Crippen molar-refractivity contribution in [1.82, 2.24) is 4.98 Å². The van der Waals surface area contributed by atoms with E-state index in [0.29, 0.717) is 12.2 Å². The predicted molar refractivity (Wildman–Crippen MR) is 54.2 cm³/mol. The first-order valence-corrected chi connectivity index (χ1v) is 5.03. The van der Waals surface area contributed by atoms with Crippen LogP contribution >= 0.6 is 11.8 Å². The molecule has 68 valence electrons. The minimum atomic E-state index is 0.543. The lowest BCUT2D eigenvalue weighted by Crippen LogP contribution is -1.88. The van der Waals surface area contributed by atoms with E-state index in [-0.39, 0.29) is 0 Å². The minimum Gasteiger partial charge on any atom is -0.384 e. The second kappa shape index (κ2) is 5.44. The van der Waals surface area contributed by atoms with Gasteiger partial charge in [-0.3, -0.25) is 0 Å². The molecule has 1 aromatic rings. The summed E-state index contributed by atoms with van der Waals surface area (Å²) in [5.74, 6) is 1.50. The first kappa shape index (κ1) is 9.87. The lowest BCUT2D eigenvalue weighted by atomic mass is 10.4. The number of nitrogens with zero attached hydrogens (tertiary/aromatic N) is 2. The van der Waals surface area contributed by atoms with Crippen molar-refractivity contribution in [2.75, 3.05) is 11.5 Å². The Morgan fingerprint density at radius 3 is 3.00 bits per heavy atom. The van der Waals surface area contributed by atoms with Gasteiger partial charge in [0.1, 0.15) is 5.82 Å². The highest BCUT2D eigenvalue weighted by molar-refractivity contribution is 7.99. The fraction of sp³-hybridized carbons (Fsp3) is 0.333. The highest BCUT2D eigenvalue weighted by Gasteiger charge is 1.93. The van der Waals surface area contributed by atoms with Gasteiger partial charge in [0.25, 0.3) is 0 Å². The zero-order valence-corrected chi connectivity index (χ0v) is 8.05. The molecule has 13 heavy (non-hydrogen) atoms. The summed E-state index contributed by atoms with van der Waals surface area (Å²) in [6, 6.07) is 5.84. The summed E-state index contributed by atoms with van der Waals surface area (Å²) in [5, 5.41) is 8.31. The maximum absolute atomic E-state index is 8.31. The quantitative estimate of drug-likeness (QED) is 0.587. The summed E-state index contributed by atoms with van der Waals surface area (Å²) < 4.78 is 0. The van der Waals surface area contributed by atoms with Crippen molar-refractivity contribution >= 4 is 17.6 Å². The van der Waals surface area contributed by atoms with E-state index < -0.39 is 0 Å². The van der Waals surface area contributed by atoms with Gasteiger partial charge >= 0.3 is 0 Å². The number of pyridine rings is 1. The van der Waals surface area contributed by atoms with Gasteiger partial charge in [0.05, 0.1) is 6.07 Å². The molecule has 0 unspecified atom stereocenters. The first-order chi connectivity index (χ1) is 6.33. The van der Waals surface area contributed by atoms with E-state index in [0.717, 1.165) is 17.1 Å². The van der Waals surface area contributed by atoms with Gasteiger partial charge < -0.3 is 5.73 Å². The Balaban J connectivity index is 2.30. The molecule has 0 atom stereocenters. The maximum Gasteiger partial charge on any atom is 0.123 e. The first-order valence-electron chi connectivity index (χ1n) is 4.04. The monoisotopic (exact) mass is 193 g/mol. The molecule has 0 aliphatic rings. The second-order valence-corrected chi connectivity index (χ2v) is 3.70. The molecule has 0 aliphatic carbocycles. The molecule has 1 rings (SSSR count). The highest BCUT2D eigenvalue weighted by Crippen LogP contribution is 2.18. The molecule has 0 saturated heterocycles. The number of nitriles is 1. The van der Waals surface area contributed by atoms with Gasteiger partial charge in [-0.1, -0.05) is 0 Å². The minimum absolute atomic E-state index is 0.543. The molecule has 4 heteroatoms. The zero-order chi connectivity index (χ0) is 9.52. The van der Waals surface area contributed by atoms with E-state index in [1.165, 1.54) is 0 Å². The Morgan fingerprint density at radius 1 is 1.54 bits per heavy atom. The van der Waals surface area contributed by atoms with E-state index in [4.69, 9.17) is 11.0 Å². The molecule has 0 bridgehead atoms. The van der Waals surface area contributed by atoms with Crippen LogP contribution in [0.3, 0.4) is 0 Å². The molecular weight excluding hydrogens is 182 g/mol. The number of nitrogens with two attached hydrogens (primary N) is 1. The average Bonchev–Trinajstić information content (AvgIpc) is 2.15. The highest BCUT2D eigenvalue weighted by atomic mass is 32.2. The van der Waals surface area contributed by atoms with E-state index in [2.05, 4.69) is 11.1 Å². The van der Waals surface area contributed by atoms with Crippen LogP contribution < -0.4 is 5.73 Å². The number of aromatic nitrogens is 1. The van der Waals surface area contributed by atoms with Crippen LogP contribution in [0.1, 0.15) is 12.8 Å². The fourth-order valence-electron chi connectivity index (χ4n) is 0.818. The van der Waals surface area contributed by atoms with Gasteiger partial charge in [0, 0.05) is 17.5 Å². The van der Waals surface area contributed by atoms with Crippen LogP contribution in [-0.2, 0) is 0 Å². The van der Waals surface area contributed by atoms with Crippen LogP contribution in [0, 0.1) is 11.3 Å². The summed E-state index contributed by atoms with van der Waals surface area (Å²) in [6.45, 7) is 0. The van der Waals surface area contributed by atoms with Gasteiger partial charge in [0.15, 0.2) is 0 Å². The largest absolute Gasteiger partial charge is 0.384 e. The Hall–Kier alpha value is -1.21. The molecule has 1 heterocycles. The van der Waals surface area contributed by atoms with Crippen LogP contribution in [0.15, 0.2) is 23.2 Å². The van der Waals surface area contributed by atoms with Crippen LogP contribution in [0.4, 0.5) is 5.82 Å². The topological polar surface area (TPSA) is 62.7 Å². The molecule has 0 aliphatic heterocycles. The van der Waals surface area contributed by atoms with Crippen LogP contribution in [0.2, 0.25) is 0 Å². The molecule has 0 amide bonds. The normalized spacial score (nSPS) is 9.46. The third-order valence-electron chi connectivity index (χ3n) is 1.46. The maximum atomic E-state index is 8.31. The van der Waals surface area contributed by atoms with Crippen molar-refractivity contribution in [2.45, 2.75) is 17.7 Å². The number of thioether (sulfide) groups is 1. The fourth-order valence-corrected chi connectivity index (χ4v) is 1.63. The summed E-state index contributed by atoms with van der Waals surface area (Å²) in [7, 11) is 0. The molecule has 3 nitrogen and oxygen atoms in total. The number of hydrogen-bond donors (Lipinski definition) is 1. The van der Waals surface area contributed by atoms with Crippen molar-refractivity contribution in [2.24, 2.45) is 0 Å². The van der Waals surface area contributed by atoms with Gasteiger partial charge in [0.2, 0.25) is 0 Å². The Bertz CT molecular complexity index is 289. The van der Waals surface area contributed by atoms with Crippen molar-refractivity contribution in [3.05, 3.63) is 18.3 Å². The van der Waals surface area contributed by atoms with E-state index in [9.17, 15) is 0 Å².